The quantitative estimate of drug-likeness (QED) is 0.243. The molecule has 0 saturated carbocycles. The number of urea groups is 1. The zero-order valence-corrected chi connectivity index (χ0v) is 11.3. The average molecular weight is 285 g/mol. The molecule has 0 aliphatic carbocycles. The van der Waals surface area contributed by atoms with Crippen LogP contribution in [0.2, 0.25) is 0 Å². The number of methoxy groups -OCH3 is 1. The number of nitrogens with one attached hydrogen (secondary N) is 2. The molecule has 0 aromatic carbocycles. The monoisotopic (exact) mass is 285 g/mol. The number of hydrogen-bond acceptors (Lipinski definition) is 7. The first-order valence-corrected chi connectivity index (χ1v) is 5.66. The Balaban J connectivity index is 4.27. The van der Waals surface area contributed by atoms with E-state index in [0.29, 0.717) is 0 Å². The van der Waals surface area contributed by atoms with E-state index in [1.807, 2.05) is 0 Å². The van der Waals surface area contributed by atoms with E-state index in [2.05, 4.69) is 29.8 Å². The predicted octanol–water partition coefficient (Wildman–Crippen LogP) is -1.48. The maximum Gasteiger partial charge on any atom is 0.375 e. The van der Waals surface area contributed by atoms with Crippen molar-refractivity contribution >= 4 is 32.4 Å². The van der Waals surface area contributed by atoms with E-state index in [1.165, 1.54) is 0 Å². The van der Waals surface area contributed by atoms with Crippen molar-refractivity contribution in [1.82, 2.24) is 10.6 Å². The van der Waals surface area contributed by atoms with Crippen LogP contribution in [0.15, 0.2) is 4.99 Å². The van der Waals surface area contributed by atoms with Crippen molar-refractivity contribution in [1.29, 1.82) is 0 Å². The number of carbonyl (C=O) groups is 3. The summed E-state index contributed by atoms with van der Waals surface area (Å²) in [5.41, 5.74) is 0. The van der Waals surface area contributed by atoms with Gasteiger partial charge < -0.3 is 24.8 Å². The lowest BCUT2D eigenvalue weighted by Gasteiger charge is -2.14. The Kier molecular flexibility index (Phi) is 9.45. The van der Waals surface area contributed by atoms with Gasteiger partial charge in [-0.3, -0.25) is 9.79 Å². The molecule has 1 unspecified atom stereocenters. The van der Waals surface area contributed by atoms with Gasteiger partial charge >= 0.3 is 26.0 Å². The highest BCUT2D eigenvalue weighted by Gasteiger charge is 2.21. The summed E-state index contributed by atoms with van der Waals surface area (Å²) in [6.45, 7) is 1.41. The Morgan fingerprint density at radius 3 is 2.65 bits per heavy atom. The summed E-state index contributed by atoms with van der Waals surface area (Å²) in [5, 5.41) is 4.51. The van der Waals surface area contributed by atoms with Gasteiger partial charge in [-0.25, -0.2) is 9.59 Å². The fourth-order valence-corrected chi connectivity index (χ4v) is 1.09. The van der Waals surface area contributed by atoms with E-state index in [4.69, 9.17) is 8.05 Å². The van der Waals surface area contributed by atoms with Crippen molar-refractivity contribution in [3.63, 3.8) is 0 Å². The number of ether oxygens (including phenoxy) is 2. The van der Waals surface area contributed by atoms with E-state index in [0.717, 1.165) is 13.5 Å². The predicted molar refractivity (Wildman–Crippen MR) is 69.2 cm³/mol. The first kappa shape index (κ1) is 17.7. The minimum Gasteiger partial charge on any atom is -0.560 e. The zero-order valence-electron chi connectivity index (χ0n) is 11.3. The third-order valence-electron chi connectivity index (χ3n) is 1.91. The molecule has 0 bridgehead atoms. The molecule has 20 heavy (non-hydrogen) atoms. The number of carbonyl (C=O) groups excluding carboxylic acids is 3. The number of rotatable bonds is 8. The van der Waals surface area contributed by atoms with Gasteiger partial charge in [0.15, 0.2) is 0 Å². The Morgan fingerprint density at radius 2 is 2.10 bits per heavy atom. The molecule has 0 aromatic rings. The van der Waals surface area contributed by atoms with Gasteiger partial charge in [0.05, 0.1) is 20.3 Å². The van der Waals surface area contributed by atoms with Gasteiger partial charge in [-0.05, 0) is 6.92 Å². The Morgan fingerprint density at radius 1 is 1.40 bits per heavy atom. The Bertz CT molecular complexity index is 363. The molecular formula is C10H16BN3O6. The summed E-state index contributed by atoms with van der Waals surface area (Å²) in [6.07, 6.45) is 0.911. The van der Waals surface area contributed by atoms with Gasteiger partial charge in [0.2, 0.25) is 0 Å². The first-order chi connectivity index (χ1) is 9.54. The summed E-state index contributed by atoms with van der Waals surface area (Å²) >= 11 is 0. The van der Waals surface area contributed by atoms with Crippen LogP contribution in [0.3, 0.4) is 0 Å². The number of aliphatic imine (C=N–C) groups is 1. The molecule has 0 saturated heterocycles. The van der Waals surface area contributed by atoms with Crippen molar-refractivity contribution in [3.8, 4) is 0 Å². The van der Waals surface area contributed by atoms with Crippen LogP contribution >= 0.6 is 0 Å². The maximum absolute atomic E-state index is 11.5. The minimum atomic E-state index is -1.03. The highest BCUT2D eigenvalue weighted by molar-refractivity contribution is 6.02. The Hall–Kier alpha value is -2.26. The van der Waals surface area contributed by atoms with Crippen LogP contribution < -0.4 is 10.6 Å². The highest BCUT2D eigenvalue weighted by atomic mass is 16.5. The van der Waals surface area contributed by atoms with Gasteiger partial charge in [0.25, 0.3) is 0 Å². The number of esters is 2. The molecule has 0 rings (SSSR count). The van der Waals surface area contributed by atoms with Crippen LogP contribution in [0, 0.1) is 0 Å². The maximum atomic E-state index is 11.5. The van der Waals surface area contributed by atoms with Crippen LogP contribution in [-0.2, 0) is 23.7 Å². The van der Waals surface area contributed by atoms with E-state index in [9.17, 15) is 14.4 Å². The summed E-state index contributed by atoms with van der Waals surface area (Å²) in [6, 6.07) is -1.77. The fraction of sp³-hybridized carbons (Fsp3) is 0.600. The number of amides is 2. The van der Waals surface area contributed by atoms with Crippen LogP contribution in [0.4, 0.5) is 4.79 Å². The molecular weight excluding hydrogens is 269 g/mol. The van der Waals surface area contributed by atoms with Gasteiger partial charge in [-0.1, -0.05) is 0 Å². The second-order valence-electron chi connectivity index (χ2n) is 3.31. The van der Waals surface area contributed by atoms with Crippen LogP contribution in [0.5, 0.6) is 0 Å². The standard InChI is InChI=1S/C10H16BN3O6/c1-3-19-8(15)5-13-10(17)14-7(9(16)18-2)4-12-6-20-11/h6-7H,3-5H2,1-2H3,(H2,13,14,17). The molecule has 0 aliphatic heterocycles. The van der Waals surface area contributed by atoms with Crippen LogP contribution in [0.25, 0.3) is 0 Å². The third kappa shape index (κ3) is 7.95. The summed E-state index contributed by atoms with van der Waals surface area (Å²) in [4.78, 5) is 37.5. The van der Waals surface area contributed by atoms with Crippen molar-refractivity contribution in [2.75, 3.05) is 26.8 Å². The number of hydrogen-bond donors (Lipinski definition) is 2. The topological polar surface area (TPSA) is 115 Å². The van der Waals surface area contributed by atoms with Crippen molar-refractivity contribution in [3.05, 3.63) is 0 Å². The highest BCUT2D eigenvalue weighted by Crippen LogP contribution is 1.90. The molecule has 0 aromatic heterocycles. The normalized spacial score (nSPS) is 11.5. The summed E-state index contributed by atoms with van der Waals surface area (Å²) in [5.74, 6) is -1.29. The minimum absolute atomic E-state index is 0.128. The molecule has 2 radical (unpaired) electrons. The number of nitrogens with zero attached hydrogens (tertiary/aromatic N) is 1. The molecule has 2 amide bonds. The largest absolute Gasteiger partial charge is 0.560 e. The SMILES string of the molecule is [B]OC=NCC(NC(=O)NCC(=O)OCC)C(=O)OC. The molecule has 10 heteroatoms. The van der Waals surface area contributed by atoms with E-state index < -0.39 is 24.0 Å². The molecule has 2 N–H and O–H groups in total. The first-order valence-electron chi connectivity index (χ1n) is 5.66. The molecule has 110 valence electrons. The van der Waals surface area contributed by atoms with Gasteiger partial charge in [0.1, 0.15) is 19.0 Å². The Labute approximate surface area is 117 Å². The lowest BCUT2D eigenvalue weighted by Crippen LogP contribution is -2.49. The zero-order chi connectivity index (χ0) is 15.4. The summed E-state index contributed by atoms with van der Waals surface area (Å²) in [7, 11) is 5.88. The second-order valence-corrected chi connectivity index (χ2v) is 3.31. The summed E-state index contributed by atoms with van der Waals surface area (Å²) < 4.78 is 13.2. The second kappa shape index (κ2) is 10.6. The molecule has 0 aliphatic rings. The molecule has 9 nitrogen and oxygen atoms in total. The van der Waals surface area contributed by atoms with Crippen molar-refractivity contribution in [2.45, 2.75) is 13.0 Å². The van der Waals surface area contributed by atoms with Gasteiger partial charge in [-0.2, -0.15) is 0 Å². The lowest BCUT2D eigenvalue weighted by molar-refractivity contribution is -0.142. The van der Waals surface area contributed by atoms with Crippen molar-refractivity contribution < 1.29 is 28.5 Å². The molecule has 1 atom stereocenters. The van der Waals surface area contributed by atoms with Gasteiger partial charge in [-0.15, -0.1) is 0 Å². The lowest BCUT2D eigenvalue weighted by atomic mass is 10.3. The van der Waals surface area contributed by atoms with E-state index in [-0.39, 0.29) is 19.7 Å². The smallest absolute Gasteiger partial charge is 0.375 e. The van der Waals surface area contributed by atoms with E-state index >= 15 is 0 Å². The van der Waals surface area contributed by atoms with Crippen LogP contribution in [0.1, 0.15) is 6.92 Å². The van der Waals surface area contributed by atoms with Gasteiger partial charge in [0, 0.05) is 0 Å². The fourth-order valence-electron chi connectivity index (χ4n) is 1.09. The average Bonchev–Trinajstić information content (AvgIpc) is 2.43. The van der Waals surface area contributed by atoms with E-state index in [1.54, 1.807) is 6.92 Å². The third-order valence-corrected chi connectivity index (χ3v) is 1.91. The van der Waals surface area contributed by atoms with Crippen LogP contribution in [-0.4, -0.2) is 65.3 Å². The molecule has 0 fully saturated rings. The molecule has 0 spiro atoms. The molecule has 0 heterocycles. The van der Waals surface area contributed by atoms with Crippen molar-refractivity contribution in [2.24, 2.45) is 4.99 Å².